The van der Waals surface area contributed by atoms with Gasteiger partial charge < -0.3 is 20.3 Å². The number of pyridine rings is 3. The molecular weight excluding hydrogens is 549 g/mol. The lowest BCUT2D eigenvalue weighted by molar-refractivity contribution is 0.0805. The van der Waals surface area contributed by atoms with Crippen LogP contribution in [0.5, 0.6) is 5.75 Å². The van der Waals surface area contributed by atoms with E-state index in [0.29, 0.717) is 55.9 Å². The van der Waals surface area contributed by atoms with Crippen LogP contribution in [0.15, 0.2) is 55.1 Å². The fourth-order valence-electron chi connectivity index (χ4n) is 6.01. The lowest BCUT2D eigenvalue weighted by Gasteiger charge is -2.45. The van der Waals surface area contributed by atoms with Gasteiger partial charge in [0.2, 0.25) is 0 Å². The zero-order chi connectivity index (χ0) is 29.8. The maximum absolute atomic E-state index is 14.4. The van der Waals surface area contributed by atoms with Gasteiger partial charge in [-0.15, -0.1) is 0 Å². The predicted molar refractivity (Wildman–Crippen MR) is 159 cm³/mol. The molecule has 2 aliphatic rings. The standard InChI is InChI=1S/C31H34FN9O2/c1-2-43-24-16-25(29-23(17-33)19-37-41(29)20-24)22-5-6-27(36-18-22)40-12-7-31(8-13-40,21-39-14-10-34-11-15-39)38-30(42)28-26(32)4-3-9-35-28/h3-6,9,16,18-20,34H,2,7-8,10-15,21H2,1H3,(H,38,42). The topological polar surface area (TPSA) is 124 Å². The Morgan fingerprint density at radius 2 is 1.98 bits per heavy atom. The molecule has 1 amide bonds. The summed E-state index contributed by atoms with van der Waals surface area (Å²) in [6.07, 6.45) is 7.93. The van der Waals surface area contributed by atoms with Gasteiger partial charge in [0, 0.05) is 69.3 Å². The third-order valence-electron chi connectivity index (χ3n) is 8.21. The third kappa shape index (κ3) is 6.00. The summed E-state index contributed by atoms with van der Waals surface area (Å²) in [5.74, 6) is 0.376. The highest BCUT2D eigenvalue weighted by Crippen LogP contribution is 2.32. The molecule has 2 aliphatic heterocycles. The number of aromatic nitrogens is 4. The maximum Gasteiger partial charge on any atom is 0.273 e. The van der Waals surface area contributed by atoms with E-state index in [0.717, 1.165) is 43.1 Å². The van der Waals surface area contributed by atoms with Crippen LogP contribution in [0.3, 0.4) is 0 Å². The summed E-state index contributed by atoms with van der Waals surface area (Å²) in [5.41, 5.74) is 2.15. The number of hydrogen-bond donors (Lipinski definition) is 2. The number of hydrogen-bond acceptors (Lipinski definition) is 9. The Bertz CT molecular complexity index is 1640. The van der Waals surface area contributed by atoms with Crippen molar-refractivity contribution in [1.29, 1.82) is 5.26 Å². The Morgan fingerprint density at radius 1 is 1.16 bits per heavy atom. The Hall–Kier alpha value is -4.60. The van der Waals surface area contributed by atoms with Crippen LogP contribution in [0, 0.1) is 17.1 Å². The second kappa shape index (κ2) is 12.3. The lowest BCUT2D eigenvalue weighted by Crippen LogP contribution is -2.62. The van der Waals surface area contributed by atoms with Gasteiger partial charge in [-0.25, -0.2) is 18.9 Å². The van der Waals surface area contributed by atoms with E-state index in [-0.39, 0.29) is 5.69 Å². The first-order chi connectivity index (χ1) is 21.0. The van der Waals surface area contributed by atoms with Crippen LogP contribution < -0.4 is 20.3 Å². The van der Waals surface area contributed by atoms with E-state index in [1.807, 2.05) is 31.3 Å². The number of piperazine rings is 1. The molecule has 0 bridgehead atoms. The third-order valence-corrected chi connectivity index (χ3v) is 8.21. The van der Waals surface area contributed by atoms with Crippen molar-refractivity contribution < 1.29 is 13.9 Å². The number of nitriles is 1. The number of ether oxygens (including phenoxy) is 1. The van der Waals surface area contributed by atoms with Crippen LogP contribution in [0.2, 0.25) is 0 Å². The fraction of sp³-hybridized carbons (Fsp3) is 0.387. The van der Waals surface area contributed by atoms with Gasteiger partial charge in [0.05, 0.1) is 35.6 Å². The first kappa shape index (κ1) is 28.5. The molecule has 11 nitrogen and oxygen atoms in total. The van der Waals surface area contributed by atoms with Crippen molar-refractivity contribution in [2.75, 3.05) is 57.3 Å². The highest BCUT2D eigenvalue weighted by molar-refractivity contribution is 5.93. The van der Waals surface area contributed by atoms with Crippen LogP contribution in [0.1, 0.15) is 35.8 Å². The van der Waals surface area contributed by atoms with Gasteiger partial charge in [-0.1, -0.05) is 0 Å². The highest BCUT2D eigenvalue weighted by atomic mass is 19.1. The predicted octanol–water partition coefficient (Wildman–Crippen LogP) is 2.87. The molecule has 0 aromatic carbocycles. The van der Waals surface area contributed by atoms with Gasteiger partial charge >= 0.3 is 0 Å². The number of anilines is 1. The zero-order valence-corrected chi connectivity index (χ0v) is 24.1. The molecule has 6 rings (SSSR count). The van der Waals surface area contributed by atoms with Gasteiger partial charge in [-0.2, -0.15) is 10.4 Å². The maximum atomic E-state index is 14.4. The van der Waals surface area contributed by atoms with E-state index >= 15 is 0 Å². The number of carbonyl (C=O) groups is 1. The number of nitrogens with one attached hydrogen (secondary N) is 2. The van der Waals surface area contributed by atoms with Crippen molar-refractivity contribution in [3.8, 4) is 22.9 Å². The summed E-state index contributed by atoms with van der Waals surface area (Å²) in [4.78, 5) is 26.5. The van der Waals surface area contributed by atoms with Crippen LogP contribution in [-0.2, 0) is 0 Å². The second-order valence-corrected chi connectivity index (χ2v) is 11.0. The van der Waals surface area contributed by atoms with Crippen molar-refractivity contribution in [3.05, 3.63) is 72.2 Å². The molecular formula is C31H34FN9O2. The van der Waals surface area contributed by atoms with Gasteiger partial charge in [0.1, 0.15) is 17.6 Å². The zero-order valence-electron chi connectivity index (χ0n) is 24.1. The largest absolute Gasteiger partial charge is 0.492 e. The minimum Gasteiger partial charge on any atom is -0.492 e. The smallest absolute Gasteiger partial charge is 0.273 e. The summed E-state index contributed by atoms with van der Waals surface area (Å²) < 4.78 is 21.8. The molecule has 0 unspecified atom stereocenters. The minimum atomic E-state index is -0.624. The molecule has 0 spiro atoms. The van der Waals surface area contributed by atoms with E-state index < -0.39 is 17.3 Å². The van der Waals surface area contributed by atoms with E-state index in [2.05, 4.69) is 36.6 Å². The van der Waals surface area contributed by atoms with Gasteiger partial charge in [-0.3, -0.25) is 9.69 Å². The summed E-state index contributed by atoms with van der Waals surface area (Å²) >= 11 is 0. The molecule has 4 aromatic heterocycles. The van der Waals surface area contributed by atoms with Crippen LogP contribution in [0.25, 0.3) is 16.6 Å². The van der Waals surface area contributed by atoms with Crippen LogP contribution >= 0.6 is 0 Å². The number of nitrogens with zero attached hydrogens (tertiary/aromatic N) is 7. The Balaban J connectivity index is 1.21. The lowest BCUT2D eigenvalue weighted by atomic mass is 9.86. The van der Waals surface area contributed by atoms with E-state index in [1.165, 1.54) is 18.3 Å². The molecule has 2 N–H and O–H groups in total. The Morgan fingerprint density at radius 3 is 2.67 bits per heavy atom. The van der Waals surface area contributed by atoms with Gasteiger partial charge in [0.15, 0.2) is 11.5 Å². The van der Waals surface area contributed by atoms with E-state index in [4.69, 9.17) is 9.72 Å². The molecule has 222 valence electrons. The number of rotatable bonds is 8. The van der Waals surface area contributed by atoms with Gasteiger partial charge in [0.25, 0.3) is 5.91 Å². The quantitative estimate of drug-likeness (QED) is 0.322. The molecule has 0 radical (unpaired) electrons. The number of piperidine rings is 1. The van der Waals surface area contributed by atoms with Crippen molar-refractivity contribution in [1.82, 2.24) is 35.1 Å². The van der Waals surface area contributed by atoms with Crippen molar-refractivity contribution in [2.24, 2.45) is 0 Å². The number of carbonyl (C=O) groups excluding carboxylic acids is 1. The minimum absolute atomic E-state index is 0.179. The fourth-order valence-corrected chi connectivity index (χ4v) is 6.01. The molecule has 0 atom stereocenters. The molecule has 0 saturated carbocycles. The monoisotopic (exact) mass is 583 g/mol. The first-order valence-electron chi connectivity index (χ1n) is 14.6. The molecule has 2 fully saturated rings. The number of amides is 1. The van der Waals surface area contributed by atoms with E-state index in [1.54, 1.807) is 16.9 Å². The molecule has 12 heteroatoms. The molecule has 4 aromatic rings. The summed E-state index contributed by atoms with van der Waals surface area (Å²) in [6.45, 7) is 8.05. The van der Waals surface area contributed by atoms with E-state index in [9.17, 15) is 14.4 Å². The Kier molecular flexibility index (Phi) is 8.18. The summed E-state index contributed by atoms with van der Waals surface area (Å²) in [6, 6.07) is 10.9. The molecule has 2 saturated heterocycles. The average Bonchev–Trinajstić information content (AvgIpc) is 3.45. The van der Waals surface area contributed by atoms with Crippen LogP contribution in [-0.4, -0.2) is 88.3 Å². The SMILES string of the molecule is CCOc1cc(-c2ccc(N3CCC(CN4CCNCC4)(NC(=O)c4ncccc4F)CC3)nc2)c2c(C#N)cnn2c1. The number of halogens is 1. The molecule has 0 aliphatic carbocycles. The Labute approximate surface area is 249 Å². The normalized spacial score (nSPS) is 17.0. The summed E-state index contributed by atoms with van der Waals surface area (Å²) in [7, 11) is 0. The number of fused-ring (bicyclic) bond motifs is 1. The van der Waals surface area contributed by atoms with Crippen LogP contribution in [0.4, 0.5) is 10.2 Å². The highest BCUT2D eigenvalue weighted by Gasteiger charge is 2.39. The molecule has 6 heterocycles. The van der Waals surface area contributed by atoms with Gasteiger partial charge in [-0.05, 0) is 50.1 Å². The van der Waals surface area contributed by atoms with Crippen molar-refractivity contribution in [3.63, 3.8) is 0 Å². The summed E-state index contributed by atoms with van der Waals surface area (Å²) in [5, 5.41) is 20.5. The second-order valence-electron chi connectivity index (χ2n) is 11.0. The van der Waals surface area contributed by atoms with Crippen molar-refractivity contribution >= 4 is 17.2 Å². The van der Waals surface area contributed by atoms with Crippen molar-refractivity contribution in [2.45, 2.75) is 25.3 Å². The first-order valence-corrected chi connectivity index (χ1v) is 14.6. The molecule has 43 heavy (non-hydrogen) atoms. The average molecular weight is 584 g/mol.